The number of hydrogen-bond donors (Lipinski definition) is 2. The second kappa shape index (κ2) is 6.23. The lowest BCUT2D eigenvalue weighted by Gasteiger charge is -2.18. The first kappa shape index (κ1) is 14.8. The molecule has 1 aromatic carbocycles. The van der Waals surface area contributed by atoms with E-state index in [-0.39, 0.29) is 17.4 Å². The van der Waals surface area contributed by atoms with E-state index in [1.165, 1.54) is 12.1 Å². The highest BCUT2D eigenvalue weighted by atomic mass is 32.2. The number of sulfonamides is 1. The van der Waals surface area contributed by atoms with Crippen LogP contribution in [0.1, 0.15) is 26.2 Å². The molecule has 0 saturated heterocycles. The van der Waals surface area contributed by atoms with Crippen LogP contribution in [0.2, 0.25) is 0 Å². The second-order valence-electron chi connectivity index (χ2n) is 4.60. The Morgan fingerprint density at radius 1 is 1.35 bits per heavy atom. The molecule has 6 nitrogen and oxygen atoms in total. The zero-order valence-corrected chi connectivity index (χ0v) is 12.1. The summed E-state index contributed by atoms with van der Waals surface area (Å²) in [4.78, 5) is 11.4. The van der Waals surface area contributed by atoms with Crippen LogP contribution < -0.4 is 14.8 Å². The van der Waals surface area contributed by atoms with Crippen molar-refractivity contribution in [1.82, 2.24) is 4.72 Å². The molecule has 1 aliphatic rings. The first-order valence-electron chi connectivity index (χ1n) is 6.59. The number of rotatable bonds is 6. The van der Waals surface area contributed by atoms with Gasteiger partial charge < -0.3 is 10.1 Å². The van der Waals surface area contributed by atoms with E-state index in [2.05, 4.69) is 17.0 Å². The van der Waals surface area contributed by atoms with Gasteiger partial charge in [0.15, 0.2) is 6.61 Å². The van der Waals surface area contributed by atoms with Gasteiger partial charge in [-0.2, -0.15) is 0 Å². The van der Waals surface area contributed by atoms with Crippen molar-refractivity contribution in [3.05, 3.63) is 18.2 Å². The smallest absolute Gasteiger partial charge is 0.262 e. The molecule has 0 atom stereocenters. The van der Waals surface area contributed by atoms with Crippen molar-refractivity contribution in [3.63, 3.8) is 0 Å². The fraction of sp³-hybridized carbons (Fsp3) is 0.462. The number of ether oxygens (including phenoxy) is 1. The highest BCUT2D eigenvalue weighted by molar-refractivity contribution is 7.89. The topological polar surface area (TPSA) is 84.5 Å². The zero-order chi connectivity index (χ0) is 14.6. The largest absolute Gasteiger partial charge is 0.482 e. The van der Waals surface area contributed by atoms with Crippen LogP contribution in [-0.4, -0.2) is 27.5 Å². The molecule has 20 heavy (non-hydrogen) atoms. The molecule has 0 unspecified atom stereocenters. The first-order valence-corrected chi connectivity index (χ1v) is 8.07. The molecule has 0 radical (unpaired) electrons. The molecule has 1 aliphatic heterocycles. The van der Waals surface area contributed by atoms with Crippen LogP contribution in [0, 0.1) is 0 Å². The van der Waals surface area contributed by atoms with Crippen molar-refractivity contribution in [2.75, 3.05) is 18.5 Å². The summed E-state index contributed by atoms with van der Waals surface area (Å²) in [6.07, 6.45) is 2.82. The van der Waals surface area contributed by atoms with E-state index in [9.17, 15) is 13.2 Å². The molecule has 1 heterocycles. The van der Waals surface area contributed by atoms with Crippen LogP contribution in [0.25, 0.3) is 0 Å². The van der Waals surface area contributed by atoms with Gasteiger partial charge in [-0.25, -0.2) is 13.1 Å². The predicted molar refractivity (Wildman–Crippen MR) is 75.3 cm³/mol. The van der Waals surface area contributed by atoms with Crippen molar-refractivity contribution in [2.24, 2.45) is 0 Å². The molecule has 0 aliphatic carbocycles. The van der Waals surface area contributed by atoms with Gasteiger partial charge in [-0.15, -0.1) is 0 Å². The summed E-state index contributed by atoms with van der Waals surface area (Å²) >= 11 is 0. The number of amides is 1. The van der Waals surface area contributed by atoms with Gasteiger partial charge in [0.05, 0.1) is 10.6 Å². The minimum atomic E-state index is -3.55. The molecule has 1 amide bonds. The average Bonchev–Trinajstić information content (AvgIpc) is 2.43. The lowest BCUT2D eigenvalue weighted by Crippen LogP contribution is -2.27. The van der Waals surface area contributed by atoms with Gasteiger partial charge in [0.1, 0.15) is 5.75 Å². The van der Waals surface area contributed by atoms with Crippen LogP contribution >= 0.6 is 0 Å². The Kier molecular flexibility index (Phi) is 4.61. The van der Waals surface area contributed by atoms with Gasteiger partial charge in [0.2, 0.25) is 10.0 Å². The van der Waals surface area contributed by atoms with Gasteiger partial charge in [-0.1, -0.05) is 19.8 Å². The van der Waals surface area contributed by atoms with Crippen molar-refractivity contribution < 1.29 is 17.9 Å². The molecule has 110 valence electrons. The van der Waals surface area contributed by atoms with Crippen LogP contribution in [0.15, 0.2) is 23.1 Å². The molecule has 0 saturated carbocycles. The minimum absolute atomic E-state index is 0.0473. The zero-order valence-electron chi connectivity index (χ0n) is 11.3. The molecule has 0 fully saturated rings. The quantitative estimate of drug-likeness (QED) is 0.779. The normalized spacial score (nSPS) is 14.3. The summed E-state index contributed by atoms with van der Waals surface area (Å²) < 4.78 is 31.9. The molecule has 0 aromatic heterocycles. The van der Waals surface area contributed by atoms with Crippen molar-refractivity contribution in [1.29, 1.82) is 0 Å². The third-order valence-corrected chi connectivity index (χ3v) is 4.43. The fourth-order valence-corrected chi connectivity index (χ4v) is 2.99. The Balaban J connectivity index is 2.12. The van der Waals surface area contributed by atoms with Crippen molar-refractivity contribution in [3.8, 4) is 5.75 Å². The molecule has 7 heteroatoms. The Morgan fingerprint density at radius 3 is 2.90 bits per heavy atom. The highest BCUT2D eigenvalue weighted by Gasteiger charge is 2.20. The lowest BCUT2D eigenvalue weighted by atomic mass is 10.2. The van der Waals surface area contributed by atoms with E-state index in [0.29, 0.717) is 18.0 Å². The molecule has 2 rings (SSSR count). The van der Waals surface area contributed by atoms with Crippen molar-refractivity contribution in [2.45, 2.75) is 31.1 Å². The third-order valence-electron chi connectivity index (χ3n) is 2.97. The maximum atomic E-state index is 12.1. The summed E-state index contributed by atoms with van der Waals surface area (Å²) in [5.74, 6) is 0.192. The number of unbranched alkanes of at least 4 members (excludes halogenated alkanes) is 2. The third kappa shape index (κ3) is 3.49. The van der Waals surface area contributed by atoms with Crippen LogP contribution in [0.4, 0.5) is 5.69 Å². The van der Waals surface area contributed by atoms with Crippen LogP contribution in [-0.2, 0) is 14.8 Å². The molecule has 2 N–H and O–H groups in total. The summed E-state index contributed by atoms with van der Waals surface area (Å²) in [5, 5.41) is 2.59. The number of hydrogen-bond acceptors (Lipinski definition) is 4. The van der Waals surface area contributed by atoms with E-state index in [4.69, 9.17) is 4.74 Å². The average molecular weight is 298 g/mol. The monoisotopic (exact) mass is 298 g/mol. The summed E-state index contributed by atoms with van der Waals surface area (Å²) in [7, 11) is -3.55. The van der Waals surface area contributed by atoms with E-state index < -0.39 is 10.0 Å². The van der Waals surface area contributed by atoms with Crippen LogP contribution in [0.3, 0.4) is 0 Å². The molecule has 0 spiro atoms. The van der Waals surface area contributed by atoms with Crippen LogP contribution in [0.5, 0.6) is 5.75 Å². The number of carbonyl (C=O) groups excluding carboxylic acids is 1. The predicted octanol–water partition coefficient (Wildman–Crippen LogP) is 1.49. The van der Waals surface area contributed by atoms with Crippen molar-refractivity contribution >= 4 is 21.6 Å². The molecule has 1 aromatic rings. The second-order valence-corrected chi connectivity index (χ2v) is 6.37. The summed E-state index contributed by atoms with van der Waals surface area (Å²) in [6.45, 7) is 2.42. The van der Waals surface area contributed by atoms with E-state index in [1.54, 1.807) is 6.07 Å². The maximum Gasteiger partial charge on any atom is 0.262 e. The lowest BCUT2D eigenvalue weighted by molar-refractivity contribution is -0.118. The number of carbonyl (C=O) groups is 1. The number of nitrogens with one attached hydrogen (secondary N) is 2. The van der Waals surface area contributed by atoms with E-state index >= 15 is 0 Å². The van der Waals surface area contributed by atoms with Gasteiger partial charge in [-0.05, 0) is 24.6 Å². The van der Waals surface area contributed by atoms with Gasteiger partial charge >= 0.3 is 0 Å². The number of fused-ring (bicyclic) bond motifs is 1. The Morgan fingerprint density at radius 2 is 2.15 bits per heavy atom. The minimum Gasteiger partial charge on any atom is -0.482 e. The number of benzene rings is 1. The first-order chi connectivity index (χ1) is 9.53. The summed E-state index contributed by atoms with van der Waals surface area (Å²) in [5.41, 5.74) is 0.387. The summed E-state index contributed by atoms with van der Waals surface area (Å²) in [6, 6.07) is 4.43. The highest BCUT2D eigenvalue weighted by Crippen LogP contribution is 2.29. The molecular weight excluding hydrogens is 280 g/mol. The van der Waals surface area contributed by atoms with Gasteiger partial charge in [-0.3, -0.25) is 4.79 Å². The fourth-order valence-electron chi connectivity index (χ4n) is 1.89. The Bertz CT molecular complexity index is 598. The van der Waals surface area contributed by atoms with Gasteiger partial charge in [0.25, 0.3) is 5.91 Å². The van der Waals surface area contributed by atoms with E-state index in [1.807, 2.05) is 0 Å². The van der Waals surface area contributed by atoms with E-state index in [0.717, 1.165) is 19.3 Å². The Hall–Kier alpha value is -1.60. The van der Waals surface area contributed by atoms with Gasteiger partial charge in [0, 0.05) is 6.54 Å². The SMILES string of the molecule is CCCCCNS(=O)(=O)c1ccc2c(c1)NC(=O)CO2. The molecule has 0 bridgehead atoms. The molecular formula is C13H18N2O4S. The standard InChI is InChI=1S/C13H18N2O4S/c1-2-3-4-7-14-20(17,18)10-5-6-12-11(8-10)15-13(16)9-19-12/h5-6,8,14H,2-4,7,9H2,1H3,(H,15,16). The number of anilines is 1. The Labute approximate surface area is 118 Å². The maximum absolute atomic E-state index is 12.1.